The Morgan fingerprint density at radius 3 is 2.94 bits per heavy atom. The van der Waals surface area contributed by atoms with Gasteiger partial charge in [0.1, 0.15) is 5.82 Å². The van der Waals surface area contributed by atoms with Gasteiger partial charge in [0.15, 0.2) is 5.11 Å². The minimum atomic E-state index is -1.11. The van der Waals surface area contributed by atoms with E-state index in [1.165, 1.54) is 0 Å². The van der Waals surface area contributed by atoms with Gasteiger partial charge in [0.2, 0.25) is 6.41 Å². The van der Waals surface area contributed by atoms with E-state index in [1.807, 2.05) is 0 Å². The third-order valence-electron chi connectivity index (χ3n) is 2.11. The number of hydrogen-bond donors (Lipinski definition) is 4. The topological polar surface area (TPSA) is 82.2 Å². The van der Waals surface area contributed by atoms with Crippen LogP contribution in [0.4, 0.5) is 5.82 Å². The molecule has 1 unspecified atom stereocenters. The number of rotatable bonds is 5. The van der Waals surface area contributed by atoms with Gasteiger partial charge in [-0.3, -0.25) is 5.10 Å². The van der Waals surface area contributed by atoms with Crippen LogP contribution in [0.25, 0.3) is 0 Å². The van der Waals surface area contributed by atoms with Gasteiger partial charge in [-0.1, -0.05) is 13.8 Å². The fourth-order valence-corrected chi connectivity index (χ4v) is 1.50. The molecule has 0 saturated carbocycles. The number of H-pyrrole nitrogens is 1. The molecule has 1 rings (SSSR count). The second-order valence-corrected chi connectivity index (χ2v) is 4.17. The Hall–Kier alpha value is -1.18. The third kappa shape index (κ3) is 4.29. The van der Waals surface area contributed by atoms with Gasteiger partial charge in [-0.15, -0.1) is 0 Å². The summed E-state index contributed by atoms with van der Waals surface area (Å²) >= 11 is 5.03. The Morgan fingerprint density at radius 1 is 1.65 bits per heavy atom. The zero-order valence-electron chi connectivity index (χ0n) is 10.2. The molecule has 6 nitrogen and oxygen atoms in total. The van der Waals surface area contributed by atoms with Crippen LogP contribution in [0.3, 0.4) is 0 Å². The Morgan fingerprint density at radius 2 is 2.35 bits per heavy atom. The number of aromatic amines is 1. The van der Waals surface area contributed by atoms with Crippen LogP contribution >= 0.6 is 12.2 Å². The minimum absolute atomic E-state index is 0.275. The summed E-state index contributed by atoms with van der Waals surface area (Å²) in [5.41, 5.74) is 1.03. The lowest BCUT2D eigenvalue weighted by Crippen LogP contribution is -2.39. The standard InChI is InChI=1S/C10H18N4O2S/c1-4-16-10(15)13-9(17)12-8-7(6(2)3)5-11-14-8/h5-6,10,15H,4H2,1-3H3,(H3,11,12,13,14,17). The SMILES string of the molecule is CCOC(O)NC(=S)Nc1[nH]ncc1C(C)C. The first kappa shape index (κ1) is 13.9. The van der Waals surface area contributed by atoms with Crippen LogP contribution in [-0.4, -0.2) is 33.4 Å². The molecule has 96 valence electrons. The van der Waals surface area contributed by atoms with E-state index in [0.717, 1.165) is 11.4 Å². The van der Waals surface area contributed by atoms with Crippen LogP contribution in [0.2, 0.25) is 0 Å². The lowest BCUT2D eigenvalue weighted by atomic mass is 10.1. The molecule has 0 aliphatic rings. The van der Waals surface area contributed by atoms with E-state index in [4.69, 9.17) is 17.0 Å². The highest BCUT2D eigenvalue weighted by molar-refractivity contribution is 7.80. The zero-order valence-corrected chi connectivity index (χ0v) is 11.0. The summed E-state index contributed by atoms with van der Waals surface area (Å²) in [5.74, 6) is 1.05. The van der Waals surface area contributed by atoms with Crippen molar-refractivity contribution in [2.75, 3.05) is 11.9 Å². The van der Waals surface area contributed by atoms with Gasteiger partial charge in [0.25, 0.3) is 0 Å². The van der Waals surface area contributed by atoms with Crippen LogP contribution in [0, 0.1) is 0 Å². The van der Waals surface area contributed by atoms with Crippen molar-refractivity contribution in [2.45, 2.75) is 33.1 Å². The van der Waals surface area contributed by atoms with Crippen molar-refractivity contribution in [1.29, 1.82) is 0 Å². The fourth-order valence-electron chi connectivity index (χ4n) is 1.29. The summed E-state index contributed by atoms with van der Waals surface area (Å²) < 4.78 is 4.90. The predicted octanol–water partition coefficient (Wildman–Crippen LogP) is 1.13. The van der Waals surface area contributed by atoms with E-state index in [9.17, 15) is 5.11 Å². The maximum absolute atomic E-state index is 9.34. The minimum Gasteiger partial charge on any atom is -0.351 e. The molecule has 7 heteroatoms. The van der Waals surface area contributed by atoms with Gasteiger partial charge >= 0.3 is 0 Å². The molecule has 0 amide bonds. The Labute approximate surface area is 106 Å². The number of hydrogen-bond acceptors (Lipinski definition) is 4. The number of anilines is 1. The van der Waals surface area contributed by atoms with E-state index >= 15 is 0 Å². The van der Waals surface area contributed by atoms with Gasteiger partial charge < -0.3 is 20.5 Å². The van der Waals surface area contributed by atoms with Gasteiger partial charge in [-0.05, 0) is 25.1 Å². The van der Waals surface area contributed by atoms with E-state index in [1.54, 1.807) is 13.1 Å². The van der Waals surface area contributed by atoms with E-state index in [2.05, 4.69) is 34.7 Å². The molecule has 4 N–H and O–H groups in total. The first-order valence-electron chi connectivity index (χ1n) is 5.45. The molecular formula is C10H18N4O2S. The largest absolute Gasteiger partial charge is 0.351 e. The van der Waals surface area contributed by atoms with E-state index < -0.39 is 6.41 Å². The predicted molar refractivity (Wildman–Crippen MR) is 69.7 cm³/mol. The Bertz CT molecular complexity index is 367. The molecule has 1 aromatic heterocycles. The van der Waals surface area contributed by atoms with Crippen LogP contribution in [0.15, 0.2) is 6.20 Å². The van der Waals surface area contributed by atoms with Crippen molar-refractivity contribution >= 4 is 23.1 Å². The normalized spacial score (nSPS) is 12.5. The summed E-state index contributed by atoms with van der Waals surface area (Å²) in [4.78, 5) is 0. The molecule has 0 bridgehead atoms. The van der Waals surface area contributed by atoms with Gasteiger partial charge in [0, 0.05) is 12.2 Å². The molecule has 0 aliphatic carbocycles. The number of aliphatic hydroxyl groups is 1. The molecule has 0 fully saturated rings. The van der Waals surface area contributed by atoms with Gasteiger partial charge in [-0.2, -0.15) is 5.10 Å². The Balaban J connectivity index is 2.53. The average molecular weight is 258 g/mol. The van der Waals surface area contributed by atoms with Gasteiger partial charge in [-0.25, -0.2) is 0 Å². The molecular weight excluding hydrogens is 240 g/mol. The van der Waals surface area contributed by atoms with Crippen LogP contribution < -0.4 is 10.6 Å². The lowest BCUT2D eigenvalue weighted by Gasteiger charge is -2.15. The molecule has 1 aromatic rings. The van der Waals surface area contributed by atoms with Crippen molar-refractivity contribution in [3.8, 4) is 0 Å². The summed E-state index contributed by atoms with van der Waals surface area (Å²) in [7, 11) is 0. The Kier molecular flexibility index (Phi) is 5.33. The molecule has 0 saturated heterocycles. The molecule has 1 atom stereocenters. The second-order valence-electron chi connectivity index (χ2n) is 3.76. The van der Waals surface area contributed by atoms with E-state index in [0.29, 0.717) is 12.5 Å². The summed E-state index contributed by atoms with van der Waals surface area (Å²) in [6.07, 6.45) is 0.639. The number of thiocarbonyl (C=S) groups is 1. The summed E-state index contributed by atoms with van der Waals surface area (Å²) in [6, 6.07) is 0. The molecule has 0 aromatic carbocycles. The second kappa shape index (κ2) is 6.53. The van der Waals surface area contributed by atoms with Crippen molar-refractivity contribution in [3.63, 3.8) is 0 Å². The average Bonchev–Trinajstić information content (AvgIpc) is 2.65. The monoisotopic (exact) mass is 258 g/mol. The molecule has 1 heterocycles. The highest BCUT2D eigenvalue weighted by Crippen LogP contribution is 2.20. The van der Waals surface area contributed by atoms with Crippen molar-refractivity contribution < 1.29 is 9.84 Å². The number of ether oxygens (including phenoxy) is 1. The fraction of sp³-hybridized carbons (Fsp3) is 0.600. The number of aliphatic hydroxyl groups excluding tert-OH is 1. The zero-order chi connectivity index (χ0) is 12.8. The summed E-state index contributed by atoms with van der Waals surface area (Å²) in [6.45, 7) is 6.30. The molecule has 0 radical (unpaired) electrons. The molecule has 17 heavy (non-hydrogen) atoms. The van der Waals surface area contributed by atoms with E-state index in [-0.39, 0.29) is 5.11 Å². The van der Waals surface area contributed by atoms with Crippen LogP contribution in [-0.2, 0) is 4.74 Å². The molecule has 0 spiro atoms. The smallest absolute Gasteiger partial charge is 0.237 e. The summed E-state index contributed by atoms with van der Waals surface area (Å²) in [5, 5.41) is 21.9. The first-order chi connectivity index (χ1) is 8.04. The lowest BCUT2D eigenvalue weighted by molar-refractivity contribution is -0.103. The van der Waals surface area contributed by atoms with Gasteiger partial charge in [0.05, 0.1) is 6.20 Å². The van der Waals surface area contributed by atoms with Crippen molar-refractivity contribution in [3.05, 3.63) is 11.8 Å². The molecule has 0 aliphatic heterocycles. The number of nitrogens with one attached hydrogen (secondary N) is 3. The van der Waals surface area contributed by atoms with Crippen LogP contribution in [0.5, 0.6) is 0 Å². The number of aromatic nitrogens is 2. The highest BCUT2D eigenvalue weighted by atomic mass is 32.1. The first-order valence-corrected chi connectivity index (χ1v) is 5.85. The maximum atomic E-state index is 9.34. The third-order valence-corrected chi connectivity index (χ3v) is 2.33. The number of nitrogens with zero attached hydrogens (tertiary/aromatic N) is 1. The highest BCUT2D eigenvalue weighted by Gasteiger charge is 2.11. The quantitative estimate of drug-likeness (QED) is 0.468. The van der Waals surface area contributed by atoms with Crippen molar-refractivity contribution in [2.24, 2.45) is 0 Å². The maximum Gasteiger partial charge on any atom is 0.237 e. The van der Waals surface area contributed by atoms with Crippen LogP contribution in [0.1, 0.15) is 32.3 Å². The van der Waals surface area contributed by atoms with Crippen molar-refractivity contribution in [1.82, 2.24) is 15.5 Å².